The first-order chi connectivity index (χ1) is 12.2. The van der Waals surface area contributed by atoms with Crippen LogP contribution in [0.1, 0.15) is 30.0 Å². The Bertz CT molecular complexity index is 928. The van der Waals surface area contributed by atoms with E-state index in [9.17, 15) is 4.79 Å². The van der Waals surface area contributed by atoms with Crippen molar-refractivity contribution in [1.82, 2.24) is 9.47 Å². The average molecular weight is 369 g/mol. The number of likely N-dealkylation sites (tertiary alicyclic amines) is 1. The third-order valence-corrected chi connectivity index (χ3v) is 5.30. The highest BCUT2D eigenvalue weighted by atomic mass is 35.5. The van der Waals surface area contributed by atoms with E-state index in [1.807, 2.05) is 29.7 Å². The lowest BCUT2D eigenvalue weighted by Gasteiger charge is -2.33. The van der Waals surface area contributed by atoms with E-state index in [1.165, 1.54) is 5.56 Å². The Balaban J connectivity index is 0.00000196. The molecule has 1 aliphatic rings. The molecular formula is C22H25ClN2O. The Morgan fingerprint density at radius 2 is 1.62 bits per heavy atom. The van der Waals surface area contributed by atoms with Gasteiger partial charge in [-0.15, -0.1) is 12.4 Å². The standard InChI is InChI=1S/C22H24N2O.ClH/c1-17-15-19-9-5-6-10-21(19)24(22(17)25)20-11-13-23(14-12-20)16-18-7-3-2-4-8-18;/h2-10,15,20H,11-14,16H2,1H3;1H. The Morgan fingerprint density at radius 3 is 2.35 bits per heavy atom. The van der Waals surface area contributed by atoms with E-state index >= 15 is 0 Å². The minimum atomic E-state index is 0. The molecular weight excluding hydrogens is 344 g/mol. The fraction of sp³-hybridized carbons (Fsp3) is 0.318. The molecule has 1 saturated heterocycles. The summed E-state index contributed by atoms with van der Waals surface area (Å²) in [7, 11) is 0. The van der Waals surface area contributed by atoms with Crippen molar-refractivity contribution in [3.63, 3.8) is 0 Å². The minimum Gasteiger partial charge on any atom is -0.305 e. The Labute approximate surface area is 160 Å². The number of nitrogens with zero attached hydrogens (tertiary/aromatic N) is 2. The fourth-order valence-electron chi connectivity index (χ4n) is 3.96. The molecule has 26 heavy (non-hydrogen) atoms. The first-order valence-corrected chi connectivity index (χ1v) is 9.09. The van der Waals surface area contributed by atoms with Crippen LogP contribution in [-0.2, 0) is 6.54 Å². The van der Waals surface area contributed by atoms with Crippen molar-refractivity contribution in [1.29, 1.82) is 0 Å². The Morgan fingerprint density at radius 1 is 0.962 bits per heavy atom. The van der Waals surface area contributed by atoms with Gasteiger partial charge in [0.25, 0.3) is 5.56 Å². The maximum absolute atomic E-state index is 12.8. The van der Waals surface area contributed by atoms with Gasteiger partial charge in [0.05, 0.1) is 5.52 Å². The van der Waals surface area contributed by atoms with Gasteiger partial charge in [-0.05, 0) is 42.8 Å². The van der Waals surface area contributed by atoms with Gasteiger partial charge < -0.3 is 4.57 Å². The molecule has 136 valence electrons. The molecule has 4 heteroatoms. The first-order valence-electron chi connectivity index (χ1n) is 9.09. The van der Waals surface area contributed by atoms with E-state index < -0.39 is 0 Å². The topological polar surface area (TPSA) is 25.2 Å². The van der Waals surface area contributed by atoms with E-state index in [0.717, 1.165) is 48.9 Å². The van der Waals surface area contributed by atoms with Crippen molar-refractivity contribution < 1.29 is 0 Å². The summed E-state index contributed by atoms with van der Waals surface area (Å²) in [4.78, 5) is 15.3. The molecule has 0 amide bonds. The molecule has 1 aromatic heterocycles. The van der Waals surface area contributed by atoms with Crippen molar-refractivity contribution in [3.05, 3.63) is 82.1 Å². The largest absolute Gasteiger partial charge is 0.305 e. The number of aryl methyl sites for hydroxylation is 1. The zero-order valence-corrected chi connectivity index (χ0v) is 15.9. The molecule has 2 heterocycles. The zero-order valence-electron chi connectivity index (χ0n) is 15.1. The number of halogens is 1. The summed E-state index contributed by atoms with van der Waals surface area (Å²) in [6.07, 6.45) is 2.06. The van der Waals surface area contributed by atoms with Crippen LogP contribution in [0.15, 0.2) is 65.5 Å². The molecule has 4 rings (SSSR count). The second-order valence-corrected chi connectivity index (χ2v) is 7.05. The SMILES string of the molecule is Cc1cc2ccccc2n(C2CCN(Cc3ccccc3)CC2)c1=O.Cl. The number of benzene rings is 2. The highest BCUT2D eigenvalue weighted by Crippen LogP contribution is 2.26. The van der Waals surface area contributed by atoms with Gasteiger partial charge in [0, 0.05) is 31.2 Å². The third-order valence-electron chi connectivity index (χ3n) is 5.30. The van der Waals surface area contributed by atoms with Crippen LogP contribution in [0.5, 0.6) is 0 Å². The number of rotatable bonds is 3. The molecule has 0 saturated carbocycles. The maximum Gasteiger partial charge on any atom is 0.254 e. The molecule has 0 radical (unpaired) electrons. The number of para-hydroxylation sites is 1. The number of hydrogen-bond donors (Lipinski definition) is 0. The Kier molecular flexibility index (Phi) is 5.80. The number of fused-ring (bicyclic) bond motifs is 1. The lowest BCUT2D eigenvalue weighted by Crippen LogP contribution is -2.37. The van der Waals surface area contributed by atoms with Gasteiger partial charge in [0.15, 0.2) is 0 Å². The summed E-state index contributed by atoms with van der Waals surface area (Å²) >= 11 is 0. The zero-order chi connectivity index (χ0) is 17.2. The normalized spacial score (nSPS) is 15.7. The number of aromatic nitrogens is 1. The molecule has 0 N–H and O–H groups in total. The van der Waals surface area contributed by atoms with Gasteiger partial charge >= 0.3 is 0 Å². The quantitative estimate of drug-likeness (QED) is 0.676. The minimum absolute atomic E-state index is 0. The van der Waals surface area contributed by atoms with Gasteiger partial charge in [-0.3, -0.25) is 9.69 Å². The van der Waals surface area contributed by atoms with E-state index in [2.05, 4.69) is 47.4 Å². The number of piperidine rings is 1. The number of hydrogen-bond acceptors (Lipinski definition) is 2. The van der Waals surface area contributed by atoms with E-state index in [-0.39, 0.29) is 18.0 Å². The average Bonchev–Trinajstić information content (AvgIpc) is 2.65. The second kappa shape index (κ2) is 8.07. The van der Waals surface area contributed by atoms with Crippen molar-refractivity contribution in [2.24, 2.45) is 0 Å². The lowest BCUT2D eigenvalue weighted by molar-refractivity contribution is 0.180. The van der Waals surface area contributed by atoms with Crippen molar-refractivity contribution >= 4 is 23.3 Å². The van der Waals surface area contributed by atoms with Crippen LogP contribution >= 0.6 is 12.4 Å². The van der Waals surface area contributed by atoms with Crippen LogP contribution in [0, 0.1) is 6.92 Å². The molecule has 3 nitrogen and oxygen atoms in total. The molecule has 0 spiro atoms. The van der Waals surface area contributed by atoms with Crippen LogP contribution in [0.4, 0.5) is 0 Å². The second-order valence-electron chi connectivity index (χ2n) is 7.05. The van der Waals surface area contributed by atoms with Crippen molar-refractivity contribution in [3.8, 4) is 0 Å². The van der Waals surface area contributed by atoms with Crippen LogP contribution in [0.2, 0.25) is 0 Å². The summed E-state index contributed by atoms with van der Waals surface area (Å²) in [5.41, 5.74) is 3.43. The van der Waals surface area contributed by atoms with Crippen molar-refractivity contribution in [2.45, 2.75) is 32.4 Å². The van der Waals surface area contributed by atoms with Crippen LogP contribution in [0.3, 0.4) is 0 Å². The van der Waals surface area contributed by atoms with Gasteiger partial charge in [-0.2, -0.15) is 0 Å². The molecule has 0 unspecified atom stereocenters. The van der Waals surface area contributed by atoms with Crippen molar-refractivity contribution in [2.75, 3.05) is 13.1 Å². The van der Waals surface area contributed by atoms with Crippen LogP contribution < -0.4 is 5.56 Å². The van der Waals surface area contributed by atoms with Gasteiger partial charge in [-0.1, -0.05) is 48.5 Å². The van der Waals surface area contributed by atoms with Gasteiger partial charge in [0.2, 0.25) is 0 Å². The molecule has 2 aromatic carbocycles. The van der Waals surface area contributed by atoms with Crippen LogP contribution in [-0.4, -0.2) is 22.6 Å². The predicted octanol–water partition coefficient (Wildman–Crippen LogP) is 4.57. The highest BCUT2D eigenvalue weighted by Gasteiger charge is 2.23. The summed E-state index contributed by atoms with van der Waals surface area (Å²) in [5.74, 6) is 0. The first kappa shape index (κ1) is 18.7. The van der Waals surface area contributed by atoms with E-state index in [0.29, 0.717) is 6.04 Å². The molecule has 1 aliphatic heterocycles. The summed E-state index contributed by atoms with van der Waals surface area (Å²) in [5, 5.41) is 1.16. The Hall–Kier alpha value is -2.10. The smallest absolute Gasteiger partial charge is 0.254 e. The molecule has 1 fully saturated rings. The fourth-order valence-corrected chi connectivity index (χ4v) is 3.96. The summed E-state index contributed by atoms with van der Waals surface area (Å²) < 4.78 is 2.05. The van der Waals surface area contributed by atoms with E-state index in [4.69, 9.17) is 0 Å². The molecule has 0 bridgehead atoms. The molecule has 0 atom stereocenters. The third kappa shape index (κ3) is 3.69. The highest BCUT2D eigenvalue weighted by molar-refractivity contribution is 5.85. The van der Waals surface area contributed by atoms with E-state index in [1.54, 1.807) is 0 Å². The summed E-state index contributed by atoms with van der Waals surface area (Å²) in [6, 6.07) is 21.2. The van der Waals surface area contributed by atoms with Gasteiger partial charge in [-0.25, -0.2) is 0 Å². The molecule has 0 aliphatic carbocycles. The lowest BCUT2D eigenvalue weighted by atomic mass is 10.0. The number of pyridine rings is 1. The monoisotopic (exact) mass is 368 g/mol. The maximum atomic E-state index is 12.8. The van der Waals surface area contributed by atoms with Crippen LogP contribution in [0.25, 0.3) is 10.9 Å². The molecule has 3 aromatic rings. The van der Waals surface area contributed by atoms with Gasteiger partial charge in [0.1, 0.15) is 0 Å². The predicted molar refractivity (Wildman–Crippen MR) is 110 cm³/mol. The summed E-state index contributed by atoms with van der Waals surface area (Å²) in [6.45, 7) is 5.00.